The Bertz CT molecular complexity index is 646. The lowest BCUT2D eigenvalue weighted by Crippen LogP contribution is -2.20. The topological polar surface area (TPSA) is 58.6 Å². The smallest absolute Gasteiger partial charge is 0.330 e. The first-order valence-electron chi connectivity index (χ1n) is 6.09. The van der Waals surface area contributed by atoms with Gasteiger partial charge in [-0.1, -0.05) is 17.7 Å². The number of carbonyl (C=O) groups is 1. The van der Waals surface area contributed by atoms with E-state index in [1.807, 2.05) is 0 Å². The summed E-state index contributed by atoms with van der Waals surface area (Å²) in [5.74, 6) is -0.323. The van der Waals surface area contributed by atoms with E-state index in [2.05, 4.69) is 21.2 Å². The summed E-state index contributed by atoms with van der Waals surface area (Å²) < 4.78 is 5.84. The van der Waals surface area contributed by atoms with E-state index in [1.165, 1.54) is 0 Å². The number of aliphatic carboxylic acids is 1. The molecule has 2 aromatic carbocycles. The van der Waals surface area contributed by atoms with Gasteiger partial charge in [-0.3, -0.25) is 0 Å². The number of rotatable bonds is 5. The minimum absolute atomic E-state index is 0.597. The van der Waals surface area contributed by atoms with E-state index < -0.39 is 12.0 Å². The molecule has 0 aromatic heterocycles. The van der Waals surface area contributed by atoms with Crippen molar-refractivity contribution in [3.63, 3.8) is 0 Å². The number of ether oxygens (including phenoxy) is 1. The molecule has 0 saturated carbocycles. The van der Waals surface area contributed by atoms with Gasteiger partial charge in [0.15, 0.2) is 6.04 Å². The number of anilines is 1. The van der Waals surface area contributed by atoms with Crippen LogP contribution in [0.2, 0.25) is 5.02 Å². The lowest BCUT2D eigenvalue weighted by molar-refractivity contribution is -0.138. The molecule has 2 rings (SSSR count). The van der Waals surface area contributed by atoms with Crippen LogP contribution >= 0.6 is 27.5 Å². The molecule has 0 aliphatic rings. The molecule has 0 radical (unpaired) electrons. The van der Waals surface area contributed by atoms with Crippen LogP contribution in [0.15, 0.2) is 46.9 Å². The summed E-state index contributed by atoms with van der Waals surface area (Å²) in [6, 6.07) is 11.2. The van der Waals surface area contributed by atoms with Crippen molar-refractivity contribution in [3.05, 3.63) is 57.5 Å². The third-order valence-corrected chi connectivity index (χ3v) is 3.78. The van der Waals surface area contributed by atoms with Crippen molar-refractivity contribution in [3.8, 4) is 5.75 Å². The van der Waals surface area contributed by atoms with Crippen molar-refractivity contribution >= 4 is 39.2 Å². The molecule has 0 spiro atoms. The maximum atomic E-state index is 11.5. The maximum absolute atomic E-state index is 11.5. The van der Waals surface area contributed by atoms with E-state index in [9.17, 15) is 9.90 Å². The summed E-state index contributed by atoms with van der Waals surface area (Å²) in [6.07, 6.45) is 0. The van der Waals surface area contributed by atoms with Crippen LogP contribution in [0.25, 0.3) is 0 Å². The van der Waals surface area contributed by atoms with Gasteiger partial charge < -0.3 is 15.2 Å². The lowest BCUT2D eigenvalue weighted by atomic mass is 10.1. The molecule has 0 fully saturated rings. The first kappa shape index (κ1) is 15.7. The Morgan fingerprint density at radius 1 is 1.29 bits per heavy atom. The molecule has 6 heteroatoms. The monoisotopic (exact) mass is 369 g/mol. The molecule has 2 N–H and O–H groups in total. The molecular formula is C15H13BrClNO3. The number of hydrogen-bond donors (Lipinski definition) is 2. The molecule has 0 saturated heterocycles. The average Bonchev–Trinajstić information content (AvgIpc) is 2.46. The van der Waals surface area contributed by atoms with Gasteiger partial charge in [0.2, 0.25) is 0 Å². The van der Waals surface area contributed by atoms with Gasteiger partial charge in [-0.15, -0.1) is 0 Å². The largest absolute Gasteiger partial charge is 0.496 e. The summed E-state index contributed by atoms with van der Waals surface area (Å²) in [5, 5.41) is 13.0. The molecule has 110 valence electrons. The number of carboxylic acids is 1. The van der Waals surface area contributed by atoms with Gasteiger partial charge in [0.05, 0.1) is 11.6 Å². The van der Waals surface area contributed by atoms with E-state index in [4.69, 9.17) is 16.3 Å². The van der Waals surface area contributed by atoms with E-state index in [1.54, 1.807) is 49.6 Å². The SMILES string of the molecule is COc1ccc(C(Nc2ccc(Cl)cc2)C(=O)O)cc1Br. The van der Waals surface area contributed by atoms with Crippen molar-refractivity contribution in [2.75, 3.05) is 12.4 Å². The fourth-order valence-electron chi connectivity index (χ4n) is 1.86. The third-order valence-electron chi connectivity index (χ3n) is 2.91. The Kier molecular flexibility index (Phi) is 5.09. The number of nitrogens with one attached hydrogen (secondary N) is 1. The zero-order valence-corrected chi connectivity index (χ0v) is 13.5. The predicted molar refractivity (Wildman–Crippen MR) is 86.1 cm³/mol. The zero-order chi connectivity index (χ0) is 15.4. The van der Waals surface area contributed by atoms with Gasteiger partial charge in [-0.05, 0) is 57.9 Å². The summed E-state index contributed by atoms with van der Waals surface area (Å²) in [7, 11) is 1.56. The van der Waals surface area contributed by atoms with Crippen LogP contribution in [0.4, 0.5) is 5.69 Å². The van der Waals surface area contributed by atoms with Crippen LogP contribution in [0.1, 0.15) is 11.6 Å². The fraction of sp³-hybridized carbons (Fsp3) is 0.133. The Balaban J connectivity index is 2.28. The van der Waals surface area contributed by atoms with E-state index in [0.29, 0.717) is 26.5 Å². The highest BCUT2D eigenvalue weighted by Crippen LogP contribution is 2.29. The summed E-state index contributed by atoms with van der Waals surface area (Å²) >= 11 is 9.17. The molecule has 0 aliphatic carbocycles. The third kappa shape index (κ3) is 3.89. The predicted octanol–water partition coefficient (Wildman–Crippen LogP) is 4.35. The summed E-state index contributed by atoms with van der Waals surface area (Å²) in [6.45, 7) is 0. The second kappa shape index (κ2) is 6.83. The van der Waals surface area contributed by atoms with Crippen molar-refractivity contribution in [1.29, 1.82) is 0 Å². The molecule has 1 unspecified atom stereocenters. The van der Waals surface area contributed by atoms with Gasteiger partial charge in [0.25, 0.3) is 0 Å². The van der Waals surface area contributed by atoms with Crippen molar-refractivity contribution in [1.82, 2.24) is 0 Å². The quantitative estimate of drug-likeness (QED) is 0.821. The lowest BCUT2D eigenvalue weighted by Gasteiger charge is -2.17. The Labute approximate surface area is 135 Å². The highest BCUT2D eigenvalue weighted by molar-refractivity contribution is 9.10. The molecule has 21 heavy (non-hydrogen) atoms. The van der Waals surface area contributed by atoms with Crippen LogP contribution in [-0.4, -0.2) is 18.2 Å². The molecular weight excluding hydrogens is 358 g/mol. The van der Waals surface area contributed by atoms with Gasteiger partial charge in [-0.25, -0.2) is 4.79 Å². The van der Waals surface area contributed by atoms with Crippen LogP contribution in [0, 0.1) is 0 Å². The Morgan fingerprint density at radius 3 is 2.48 bits per heavy atom. The number of carboxylic acid groups (broad SMARTS) is 1. The highest BCUT2D eigenvalue weighted by Gasteiger charge is 2.20. The minimum atomic E-state index is -0.970. The first-order valence-corrected chi connectivity index (χ1v) is 7.26. The van der Waals surface area contributed by atoms with Crippen molar-refractivity contribution in [2.24, 2.45) is 0 Å². The fourth-order valence-corrected chi connectivity index (χ4v) is 2.55. The van der Waals surface area contributed by atoms with E-state index in [-0.39, 0.29) is 0 Å². The van der Waals surface area contributed by atoms with Gasteiger partial charge in [0.1, 0.15) is 5.75 Å². The van der Waals surface area contributed by atoms with Crippen LogP contribution in [-0.2, 0) is 4.79 Å². The van der Waals surface area contributed by atoms with Gasteiger partial charge in [0, 0.05) is 10.7 Å². The Morgan fingerprint density at radius 2 is 1.95 bits per heavy atom. The highest BCUT2D eigenvalue weighted by atomic mass is 79.9. The molecule has 1 atom stereocenters. The standard InChI is InChI=1S/C15H13BrClNO3/c1-21-13-7-2-9(8-12(13)16)14(15(19)20)18-11-5-3-10(17)4-6-11/h2-8,14,18H,1H3,(H,19,20). The van der Waals surface area contributed by atoms with E-state index in [0.717, 1.165) is 0 Å². The van der Waals surface area contributed by atoms with E-state index >= 15 is 0 Å². The molecule has 0 bridgehead atoms. The summed E-state index contributed by atoms with van der Waals surface area (Å²) in [5.41, 5.74) is 1.30. The molecule has 2 aromatic rings. The van der Waals surface area contributed by atoms with Crippen LogP contribution in [0.5, 0.6) is 5.75 Å². The Hall–Kier alpha value is -1.72. The van der Waals surface area contributed by atoms with Crippen LogP contribution in [0.3, 0.4) is 0 Å². The number of halogens is 2. The molecule has 4 nitrogen and oxygen atoms in total. The average molecular weight is 371 g/mol. The normalized spacial score (nSPS) is 11.8. The van der Waals surface area contributed by atoms with Crippen molar-refractivity contribution < 1.29 is 14.6 Å². The number of benzene rings is 2. The first-order chi connectivity index (χ1) is 10.0. The molecule has 0 amide bonds. The van der Waals surface area contributed by atoms with Gasteiger partial charge >= 0.3 is 5.97 Å². The minimum Gasteiger partial charge on any atom is -0.496 e. The van der Waals surface area contributed by atoms with Crippen molar-refractivity contribution in [2.45, 2.75) is 6.04 Å². The second-order valence-corrected chi connectivity index (χ2v) is 5.61. The number of hydrogen-bond acceptors (Lipinski definition) is 3. The second-order valence-electron chi connectivity index (χ2n) is 4.32. The number of methoxy groups -OCH3 is 1. The summed E-state index contributed by atoms with van der Waals surface area (Å²) in [4.78, 5) is 11.5. The molecule has 0 heterocycles. The zero-order valence-electron chi connectivity index (χ0n) is 11.1. The van der Waals surface area contributed by atoms with Crippen LogP contribution < -0.4 is 10.1 Å². The van der Waals surface area contributed by atoms with Gasteiger partial charge in [-0.2, -0.15) is 0 Å². The molecule has 0 aliphatic heterocycles. The maximum Gasteiger partial charge on any atom is 0.330 e.